The summed E-state index contributed by atoms with van der Waals surface area (Å²) in [6, 6.07) is 0. The first-order valence-electron chi connectivity index (χ1n) is 5.31. The van der Waals surface area contributed by atoms with Crippen LogP contribution in [0.3, 0.4) is 0 Å². The fourth-order valence-electron chi connectivity index (χ4n) is 1.44. The lowest BCUT2D eigenvalue weighted by Crippen LogP contribution is -2.20. The Hall–Kier alpha value is -0.160. The van der Waals surface area contributed by atoms with Gasteiger partial charge in [0.25, 0.3) is 0 Å². The van der Waals surface area contributed by atoms with Gasteiger partial charge in [-0.05, 0) is 27.7 Å². The van der Waals surface area contributed by atoms with Gasteiger partial charge in [-0.2, -0.15) is 0 Å². The van der Waals surface area contributed by atoms with E-state index in [9.17, 15) is 9.36 Å². The largest absolute Gasteiger partial charge is 0.450 e. The molecule has 0 aromatic carbocycles. The van der Waals surface area contributed by atoms with Crippen molar-refractivity contribution in [1.29, 1.82) is 0 Å². The Morgan fingerprint density at radius 3 is 2.06 bits per heavy atom. The van der Waals surface area contributed by atoms with Gasteiger partial charge in [-0.3, -0.25) is 4.57 Å². The molecular formula is C10H16BrO5P. The summed E-state index contributed by atoms with van der Waals surface area (Å²) >= 11 is 3.24. The molecule has 0 unspecified atom stereocenters. The highest BCUT2D eigenvalue weighted by atomic mass is 79.9. The van der Waals surface area contributed by atoms with Gasteiger partial charge in [-0.25, -0.2) is 4.79 Å². The molecule has 5 nitrogen and oxygen atoms in total. The molecule has 1 heterocycles. The minimum atomic E-state index is -3.60. The lowest BCUT2D eigenvalue weighted by Gasteiger charge is -2.17. The molecule has 0 bridgehead atoms. The van der Waals surface area contributed by atoms with E-state index in [-0.39, 0.29) is 18.5 Å². The second kappa shape index (κ2) is 5.22. The number of carbonyl (C=O) groups is 1. The number of rotatable bonds is 5. The summed E-state index contributed by atoms with van der Waals surface area (Å²) in [5, 5.41) is -0.0359. The fraction of sp³-hybridized carbons (Fsp3) is 0.700. The Balaban J connectivity index is 3.24. The van der Waals surface area contributed by atoms with Crippen LogP contribution in [0.2, 0.25) is 0 Å². The summed E-state index contributed by atoms with van der Waals surface area (Å²) in [5.74, 6) is -0.660. The SMILES string of the molecule is CCOP(=O)(OCC)C1=C(Br)C(C)(C)OC1=O. The third kappa shape index (κ3) is 2.81. The summed E-state index contributed by atoms with van der Waals surface area (Å²) in [5.41, 5.74) is -0.837. The van der Waals surface area contributed by atoms with E-state index in [4.69, 9.17) is 13.8 Å². The predicted molar refractivity (Wildman–Crippen MR) is 67.0 cm³/mol. The quantitative estimate of drug-likeness (QED) is 0.573. The van der Waals surface area contributed by atoms with E-state index < -0.39 is 19.2 Å². The molecule has 1 aliphatic heterocycles. The van der Waals surface area contributed by atoms with E-state index >= 15 is 0 Å². The van der Waals surface area contributed by atoms with Crippen molar-refractivity contribution in [2.75, 3.05) is 13.2 Å². The van der Waals surface area contributed by atoms with E-state index in [2.05, 4.69) is 15.9 Å². The van der Waals surface area contributed by atoms with Crippen molar-refractivity contribution in [3.63, 3.8) is 0 Å². The van der Waals surface area contributed by atoms with Gasteiger partial charge in [0.1, 0.15) is 5.60 Å². The summed E-state index contributed by atoms with van der Waals surface area (Å²) in [6.07, 6.45) is 0. The minimum absolute atomic E-state index is 0.0359. The highest BCUT2D eigenvalue weighted by Crippen LogP contribution is 2.61. The number of esters is 1. The molecule has 0 aliphatic carbocycles. The van der Waals surface area contributed by atoms with Crippen molar-refractivity contribution in [2.24, 2.45) is 0 Å². The number of ether oxygens (including phenoxy) is 1. The molecule has 0 saturated carbocycles. The lowest BCUT2D eigenvalue weighted by atomic mass is 10.1. The molecule has 7 heteroatoms. The van der Waals surface area contributed by atoms with Crippen molar-refractivity contribution in [3.8, 4) is 0 Å². The maximum Gasteiger partial charge on any atom is 0.369 e. The van der Waals surface area contributed by atoms with Crippen LogP contribution >= 0.6 is 23.5 Å². The summed E-state index contributed by atoms with van der Waals surface area (Å²) in [7, 11) is -3.60. The van der Waals surface area contributed by atoms with Crippen LogP contribution in [0, 0.1) is 0 Å². The number of halogens is 1. The molecule has 0 radical (unpaired) electrons. The molecule has 0 spiro atoms. The van der Waals surface area contributed by atoms with Crippen LogP contribution in [-0.2, 0) is 23.1 Å². The van der Waals surface area contributed by atoms with Crippen LogP contribution in [0.1, 0.15) is 27.7 Å². The van der Waals surface area contributed by atoms with Crippen molar-refractivity contribution in [1.82, 2.24) is 0 Å². The molecule has 0 atom stereocenters. The molecule has 17 heavy (non-hydrogen) atoms. The molecule has 0 aromatic heterocycles. The van der Waals surface area contributed by atoms with E-state index in [0.717, 1.165) is 0 Å². The molecule has 0 aromatic rings. The van der Waals surface area contributed by atoms with E-state index in [1.807, 2.05) is 0 Å². The van der Waals surface area contributed by atoms with Gasteiger partial charge in [0.2, 0.25) is 0 Å². The van der Waals surface area contributed by atoms with Crippen LogP contribution in [0.5, 0.6) is 0 Å². The molecule has 1 aliphatic rings. The Morgan fingerprint density at radius 1 is 1.29 bits per heavy atom. The average molecular weight is 327 g/mol. The van der Waals surface area contributed by atoms with Gasteiger partial charge in [0, 0.05) is 0 Å². The molecule has 0 saturated heterocycles. The van der Waals surface area contributed by atoms with Gasteiger partial charge < -0.3 is 13.8 Å². The van der Waals surface area contributed by atoms with Crippen molar-refractivity contribution < 1.29 is 23.1 Å². The van der Waals surface area contributed by atoms with Crippen LogP contribution in [0.15, 0.2) is 9.80 Å². The van der Waals surface area contributed by atoms with E-state index in [1.54, 1.807) is 27.7 Å². The zero-order valence-electron chi connectivity index (χ0n) is 10.3. The van der Waals surface area contributed by atoms with Crippen LogP contribution < -0.4 is 0 Å². The van der Waals surface area contributed by atoms with Gasteiger partial charge in [0.05, 0.1) is 17.7 Å². The van der Waals surface area contributed by atoms with Crippen molar-refractivity contribution in [2.45, 2.75) is 33.3 Å². The number of hydrogen-bond acceptors (Lipinski definition) is 5. The second-order valence-electron chi connectivity index (χ2n) is 3.90. The second-order valence-corrected chi connectivity index (χ2v) is 6.65. The lowest BCUT2D eigenvalue weighted by molar-refractivity contribution is -0.143. The Kier molecular flexibility index (Phi) is 4.58. The summed E-state index contributed by atoms with van der Waals surface area (Å²) < 4.78 is 28.3. The zero-order valence-corrected chi connectivity index (χ0v) is 12.8. The van der Waals surface area contributed by atoms with Crippen LogP contribution in [0.4, 0.5) is 0 Å². The number of carbonyl (C=O) groups excluding carboxylic acids is 1. The van der Waals surface area contributed by atoms with Crippen LogP contribution in [-0.4, -0.2) is 24.8 Å². The van der Waals surface area contributed by atoms with Gasteiger partial charge in [-0.1, -0.05) is 15.9 Å². The maximum absolute atomic E-state index is 12.5. The fourth-order valence-corrected chi connectivity index (χ4v) is 4.12. The molecule has 1 rings (SSSR count). The smallest absolute Gasteiger partial charge is 0.369 e. The minimum Gasteiger partial charge on any atom is -0.450 e. The Morgan fingerprint density at radius 2 is 1.76 bits per heavy atom. The highest BCUT2D eigenvalue weighted by molar-refractivity contribution is 9.11. The van der Waals surface area contributed by atoms with E-state index in [0.29, 0.717) is 4.48 Å². The van der Waals surface area contributed by atoms with Gasteiger partial charge in [-0.15, -0.1) is 0 Å². The molecular weight excluding hydrogens is 311 g/mol. The van der Waals surface area contributed by atoms with Crippen molar-refractivity contribution >= 4 is 29.5 Å². The maximum atomic E-state index is 12.5. The van der Waals surface area contributed by atoms with Gasteiger partial charge >= 0.3 is 13.6 Å². The van der Waals surface area contributed by atoms with Crippen molar-refractivity contribution in [3.05, 3.63) is 9.80 Å². The normalized spacial score (nSPS) is 19.7. The number of hydrogen-bond donors (Lipinski definition) is 0. The first-order chi connectivity index (χ1) is 7.78. The topological polar surface area (TPSA) is 61.8 Å². The Bertz CT molecular complexity index is 392. The molecule has 98 valence electrons. The average Bonchev–Trinajstić information content (AvgIpc) is 2.36. The zero-order chi connectivity index (χ0) is 13.3. The molecule has 0 N–H and O–H groups in total. The molecule has 0 fully saturated rings. The number of cyclic esters (lactones) is 1. The third-order valence-electron chi connectivity index (χ3n) is 2.15. The third-order valence-corrected chi connectivity index (χ3v) is 5.96. The first kappa shape index (κ1) is 14.9. The van der Waals surface area contributed by atoms with Crippen LogP contribution in [0.25, 0.3) is 0 Å². The van der Waals surface area contributed by atoms with Gasteiger partial charge in [0.15, 0.2) is 5.31 Å². The Labute approximate surface area is 109 Å². The monoisotopic (exact) mass is 326 g/mol. The van der Waals surface area contributed by atoms with E-state index in [1.165, 1.54) is 0 Å². The standard InChI is InChI=1S/C10H16BrO5P/c1-5-14-17(13,15-6-2)7-8(11)10(3,4)16-9(7)12/h5-6H2,1-4H3. The highest BCUT2D eigenvalue weighted by Gasteiger charge is 2.49. The summed E-state index contributed by atoms with van der Waals surface area (Å²) in [6.45, 7) is 7.15. The first-order valence-corrected chi connectivity index (χ1v) is 7.65. The predicted octanol–water partition coefficient (Wildman–Crippen LogP) is 3.19. The molecule has 0 amide bonds. The summed E-state index contributed by atoms with van der Waals surface area (Å²) in [4.78, 5) is 11.8.